The van der Waals surface area contributed by atoms with Crippen molar-refractivity contribution in [1.29, 1.82) is 0 Å². The van der Waals surface area contributed by atoms with Crippen molar-refractivity contribution < 1.29 is 19.1 Å². The van der Waals surface area contributed by atoms with Crippen LogP contribution in [0.5, 0.6) is 0 Å². The molecule has 0 saturated heterocycles. The van der Waals surface area contributed by atoms with Crippen LogP contribution >= 0.6 is 11.6 Å². The zero-order valence-electron chi connectivity index (χ0n) is 17.3. The van der Waals surface area contributed by atoms with Crippen molar-refractivity contribution in [2.75, 3.05) is 18.4 Å². The number of carbonyl (C=O) groups excluding carboxylic acids is 3. The smallest absolute Gasteiger partial charge is 0.407 e. The molecule has 0 unspecified atom stereocenters. The summed E-state index contributed by atoms with van der Waals surface area (Å²) in [5.74, 6) is -0.164. The number of halogens is 1. The summed E-state index contributed by atoms with van der Waals surface area (Å²) in [5, 5.41) is 8.99. The third kappa shape index (κ3) is 7.09. The molecule has 8 heteroatoms. The van der Waals surface area contributed by atoms with E-state index in [1.165, 1.54) is 0 Å². The molecule has 2 rings (SSSR count). The van der Waals surface area contributed by atoms with Crippen LogP contribution in [-0.2, 0) is 9.53 Å². The Morgan fingerprint density at radius 3 is 2.52 bits per heavy atom. The molecule has 0 fully saturated rings. The topological polar surface area (TPSA) is 96.5 Å². The number of ether oxygens (including phenoxy) is 1. The molecule has 0 aromatic heterocycles. The van der Waals surface area contributed by atoms with E-state index in [9.17, 15) is 14.4 Å². The molecule has 0 bridgehead atoms. The Hall–Kier alpha value is -2.54. The summed E-state index contributed by atoms with van der Waals surface area (Å²) >= 11 is 6.26. The summed E-state index contributed by atoms with van der Waals surface area (Å²) in [4.78, 5) is 35.9. The first-order valence-corrected chi connectivity index (χ1v) is 9.99. The van der Waals surface area contributed by atoms with Gasteiger partial charge >= 0.3 is 6.09 Å². The van der Waals surface area contributed by atoms with Crippen LogP contribution < -0.4 is 16.0 Å². The van der Waals surface area contributed by atoms with Crippen molar-refractivity contribution in [3.63, 3.8) is 0 Å². The molecular formula is C21H28ClN3O4. The van der Waals surface area contributed by atoms with Crippen molar-refractivity contribution in [1.82, 2.24) is 10.6 Å². The number of alkyl carbamates (subject to hydrolysis) is 1. The molecule has 0 aliphatic heterocycles. The van der Waals surface area contributed by atoms with E-state index in [1.54, 1.807) is 45.9 Å². The summed E-state index contributed by atoms with van der Waals surface area (Å²) in [6.45, 7) is 7.63. The maximum atomic E-state index is 12.4. The Labute approximate surface area is 176 Å². The largest absolute Gasteiger partial charge is 0.444 e. The van der Waals surface area contributed by atoms with Gasteiger partial charge in [-0.15, -0.1) is 0 Å². The predicted molar refractivity (Wildman–Crippen MR) is 113 cm³/mol. The highest BCUT2D eigenvalue weighted by atomic mass is 35.5. The Morgan fingerprint density at radius 1 is 1.14 bits per heavy atom. The van der Waals surface area contributed by atoms with E-state index < -0.39 is 11.7 Å². The highest BCUT2D eigenvalue weighted by molar-refractivity contribution is 6.33. The molecule has 0 saturated carbocycles. The standard InChI is InChI=1S/C21H28ClN3O4/c1-13-16(6-5-7-18(13)26)25-17-12-14(8-9-15(17)22)19(27)23-10-11-24-20(28)29-21(2,3)4/h8-9,12,25H,5-7,10-11H2,1-4H3,(H,23,27)(H,24,28). The van der Waals surface area contributed by atoms with Gasteiger partial charge < -0.3 is 20.7 Å². The lowest BCUT2D eigenvalue weighted by Crippen LogP contribution is -2.37. The molecule has 0 spiro atoms. The fraction of sp³-hybridized carbons (Fsp3) is 0.476. The van der Waals surface area contributed by atoms with Gasteiger partial charge in [0.1, 0.15) is 5.60 Å². The molecule has 0 heterocycles. The van der Waals surface area contributed by atoms with Crippen LogP contribution in [0.4, 0.5) is 10.5 Å². The van der Waals surface area contributed by atoms with Gasteiger partial charge in [0.05, 0.1) is 10.7 Å². The zero-order chi connectivity index (χ0) is 21.6. The molecule has 29 heavy (non-hydrogen) atoms. The van der Waals surface area contributed by atoms with Crippen LogP contribution in [0.15, 0.2) is 29.5 Å². The second-order valence-corrected chi connectivity index (χ2v) is 8.29. The van der Waals surface area contributed by atoms with Crippen molar-refractivity contribution >= 4 is 35.1 Å². The minimum Gasteiger partial charge on any atom is -0.444 e. The minimum absolute atomic E-state index is 0.126. The number of benzene rings is 1. The second kappa shape index (κ2) is 9.78. The Bertz CT molecular complexity index is 828. The average Bonchev–Trinajstić information content (AvgIpc) is 2.62. The van der Waals surface area contributed by atoms with E-state index in [4.69, 9.17) is 16.3 Å². The van der Waals surface area contributed by atoms with Crippen LogP contribution in [-0.4, -0.2) is 36.5 Å². The van der Waals surface area contributed by atoms with Crippen molar-refractivity contribution in [2.24, 2.45) is 0 Å². The van der Waals surface area contributed by atoms with Gasteiger partial charge in [-0.25, -0.2) is 4.79 Å². The number of allylic oxidation sites excluding steroid dienone is 2. The van der Waals surface area contributed by atoms with Gasteiger partial charge in [0, 0.05) is 36.3 Å². The number of nitrogens with one attached hydrogen (secondary N) is 3. The van der Waals surface area contributed by atoms with E-state index >= 15 is 0 Å². The normalized spacial score (nSPS) is 14.4. The van der Waals surface area contributed by atoms with E-state index in [0.717, 1.165) is 18.5 Å². The molecule has 1 aliphatic rings. The molecule has 1 aromatic carbocycles. The first kappa shape index (κ1) is 22.7. The predicted octanol–water partition coefficient (Wildman–Crippen LogP) is 4.03. The Balaban J connectivity index is 1.93. The lowest BCUT2D eigenvalue weighted by molar-refractivity contribution is -0.116. The van der Waals surface area contributed by atoms with Gasteiger partial charge in [-0.05, 0) is 58.7 Å². The summed E-state index contributed by atoms with van der Waals surface area (Å²) in [6.07, 6.45) is 1.59. The fourth-order valence-corrected chi connectivity index (χ4v) is 2.97. The minimum atomic E-state index is -0.573. The lowest BCUT2D eigenvalue weighted by Gasteiger charge is -2.20. The first-order chi connectivity index (χ1) is 13.6. The number of anilines is 1. The van der Waals surface area contributed by atoms with Crippen LogP contribution in [0, 0.1) is 0 Å². The molecule has 2 amide bonds. The summed E-state index contributed by atoms with van der Waals surface area (Å²) in [5.41, 5.74) is 1.97. The first-order valence-electron chi connectivity index (χ1n) is 9.61. The van der Waals surface area contributed by atoms with Gasteiger partial charge in [0.2, 0.25) is 0 Å². The average molecular weight is 422 g/mol. The Morgan fingerprint density at radius 2 is 1.83 bits per heavy atom. The van der Waals surface area contributed by atoms with Crippen LogP contribution in [0.2, 0.25) is 5.02 Å². The molecule has 0 radical (unpaired) electrons. The summed E-state index contributed by atoms with van der Waals surface area (Å²) in [7, 11) is 0. The number of hydrogen-bond donors (Lipinski definition) is 3. The van der Waals surface area contributed by atoms with Crippen molar-refractivity contribution in [3.8, 4) is 0 Å². The molecule has 3 N–H and O–H groups in total. The van der Waals surface area contributed by atoms with Crippen molar-refractivity contribution in [2.45, 2.75) is 52.6 Å². The third-order valence-corrected chi connectivity index (χ3v) is 4.62. The van der Waals surface area contributed by atoms with Gasteiger partial charge in [0.25, 0.3) is 5.91 Å². The van der Waals surface area contributed by atoms with Gasteiger partial charge in [-0.2, -0.15) is 0 Å². The molecule has 7 nitrogen and oxygen atoms in total. The number of rotatable bonds is 6. The maximum absolute atomic E-state index is 12.4. The number of hydrogen-bond acceptors (Lipinski definition) is 5. The second-order valence-electron chi connectivity index (χ2n) is 7.88. The number of ketones is 1. The highest BCUT2D eigenvalue weighted by Crippen LogP contribution is 2.29. The molecule has 0 atom stereocenters. The van der Waals surface area contributed by atoms with Crippen molar-refractivity contribution in [3.05, 3.63) is 40.1 Å². The van der Waals surface area contributed by atoms with Gasteiger partial charge in [-0.1, -0.05) is 11.6 Å². The quantitative estimate of drug-likeness (QED) is 0.602. The summed E-state index contributed by atoms with van der Waals surface area (Å²) in [6, 6.07) is 4.91. The number of amides is 2. The highest BCUT2D eigenvalue weighted by Gasteiger charge is 2.18. The summed E-state index contributed by atoms with van der Waals surface area (Å²) < 4.78 is 5.13. The van der Waals surface area contributed by atoms with Crippen LogP contribution in [0.3, 0.4) is 0 Å². The molecule has 1 aliphatic carbocycles. The van der Waals surface area contributed by atoms with E-state index in [2.05, 4.69) is 16.0 Å². The third-order valence-electron chi connectivity index (χ3n) is 4.29. The van der Waals surface area contributed by atoms with E-state index in [1.807, 2.05) is 0 Å². The molecule has 1 aromatic rings. The van der Waals surface area contributed by atoms with Crippen LogP contribution in [0.25, 0.3) is 0 Å². The number of Topliss-reactive ketones (excluding diaryl/α,β-unsaturated/α-hetero) is 1. The SMILES string of the molecule is CC1=C(Nc2cc(C(=O)NCCNC(=O)OC(C)(C)C)ccc2Cl)CCCC1=O. The lowest BCUT2D eigenvalue weighted by atomic mass is 9.96. The van der Waals surface area contributed by atoms with E-state index in [-0.39, 0.29) is 24.8 Å². The zero-order valence-corrected chi connectivity index (χ0v) is 18.0. The molecule has 158 valence electrons. The number of carbonyl (C=O) groups is 3. The molecular weight excluding hydrogens is 394 g/mol. The fourth-order valence-electron chi connectivity index (χ4n) is 2.81. The monoisotopic (exact) mass is 421 g/mol. The maximum Gasteiger partial charge on any atom is 0.407 e. The van der Waals surface area contributed by atoms with Crippen LogP contribution in [0.1, 0.15) is 57.3 Å². The van der Waals surface area contributed by atoms with Gasteiger partial charge in [0.15, 0.2) is 5.78 Å². The van der Waals surface area contributed by atoms with Gasteiger partial charge in [-0.3, -0.25) is 9.59 Å². The van der Waals surface area contributed by atoms with E-state index in [0.29, 0.717) is 28.3 Å². The Kier molecular flexibility index (Phi) is 7.67.